The molecule has 1 aliphatic heterocycles. The van der Waals surface area contributed by atoms with Gasteiger partial charge in [0.05, 0.1) is 0 Å². The van der Waals surface area contributed by atoms with E-state index in [9.17, 15) is 9.59 Å². The Balaban J connectivity index is 2.59. The van der Waals surface area contributed by atoms with Crippen LogP contribution in [0.25, 0.3) is 0 Å². The van der Waals surface area contributed by atoms with E-state index in [1.165, 1.54) is 51.4 Å². The summed E-state index contributed by atoms with van der Waals surface area (Å²) in [5, 5.41) is 18.9. The average Bonchev–Trinajstić information content (AvgIpc) is 2.76. The second-order valence-electron chi connectivity index (χ2n) is 11.3. The maximum Gasteiger partial charge on any atom is 0.303 e. The van der Waals surface area contributed by atoms with Crippen LogP contribution in [0.15, 0.2) is 0 Å². The molecule has 2 atom stereocenters. The fraction of sp³-hybridized carbons (Fsp3) is 0.926. The Hall–Kier alpha value is -1.18. The van der Waals surface area contributed by atoms with Gasteiger partial charge >= 0.3 is 5.97 Å². The number of carbonyl (C=O) groups is 2. The highest BCUT2D eigenvalue weighted by Gasteiger charge is 2.26. The third-order valence-corrected chi connectivity index (χ3v) is 7.23. The minimum atomic E-state index is -0.873. The van der Waals surface area contributed by atoms with Gasteiger partial charge in [-0.1, -0.05) is 65.7 Å². The Kier molecular flexibility index (Phi) is 15.7. The highest BCUT2D eigenvalue weighted by Crippen LogP contribution is 2.28. The number of rotatable bonds is 6. The molecule has 0 spiro atoms. The molecule has 0 radical (unpaired) electrons. The van der Waals surface area contributed by atoms with E-state index in [2.05, 4.69) is 36.7 Å². The molecule has 34 heavy (non-hydrogen) atoms. The average molecular weight is 483 g/mol. The zero-order valence-electron chi connectivity index (χ0n) is 22.4. The van der Waals surface area contributed by atoms with Crippen molar-refractivity contribution >= 4 is 11.9 Å². The molecule has 6 N–H and O–H groups in total. The van der Waals surface area contributed by atoms with E-state index in [0.717, 1.165) is 51.2 Å². The van der Waals surface area contributed by atoms with Crippen molar-refractivity contribution in [3.63, 3.8) is 0 Å². The zero-order chi connectivity index (χ0) is 25.3. The van der Waals surface area contributed by atoms with Gasteiger partial charge in [-0.3, -0.25) is 9.59 Å². The number of hydrogen-bond donors (Lipinski definition) is 5. The van der Waals surface area contributed by atoms with Crippen LogP contribution in [0, 0.1) is 11.3 Å². The Bertz CT molecular complexity index is 570. The maximum absolute atomic E-state index is 12.4. The summed E-state index contributed by atoms with van der Waals surface area (Å²) in [6.07, 6.45) is 14.8. The van der Waals surface area contributed by atoms with Crippen LogP contribution in [0.1, 0.15) is 117 Å². The monoisotopic (exact) mass is 482 g/mol. The predicted octanol–water partition coefficient (Wildman–Crippen LogP) is 4.55. The van der Waals surface area contributed by atoms with Gasteiger partial charge in [0.15, 0.2) is 0 Å². The van der Waals surface area contributed by atoms with E-state index in [1.807, 2.05) is 0 Å². The summed E-state index contributed by atoms with van der Waals surface area (Å²) in [6, 6.07) is 0. The summed E-state index contributed by atoms with van der Waals surface area (Å²) in [7, 11) is 0. The molecular formula is C27H54N4O3. The number of hydrogen-bond acceptors (Lipinski definition) is 5. The zero-order valence-corrected chi connectivity index (χ0v) is 22.4. The summed E-state index contributed by atoms with van der Waals surface area (Å²) in [4.78, 5) is 23.1. The predicted molar refractivity (Wildman–Crippen MR) is 141 cm³/mol. The number of aliphatic carboxylic acids is 1. The normalized spacial score (nSPS) is 26.9. The van der Waals surface area contributed by atoms with Gasteiger partial charge in [0, 0.05) is 25.9 Å². The third kappa shape index (κ3) is 15.7. The molecule has 1 rings (SSSR count). The largest absolute Gasteiger partial charge is 0.481 e. The lowest BCUT2D eigenvalue weighted by Gasteiger charge is -2.31. The fourth-order valence-corrected chi connectivity index (χ4v) is 4.83. The van der Waals surface area contributed by atoms with E-state index in [-0.39, 0.29) is 18.7 Å². The molecule has 0 bridgehead atoms. The fourth-order valence-electron chi connectivity index (χ4n) is 4.83. The van der Waals surface area contributed by atoms with Crippen molar-refractivity contribution in [1.29, 1.82) is 0 Å². The van der Waals surface area contributed by atoms with Gasteiger partial charge in [-0.2, -0.15) is 0 Å². The Morgan fingerprint density at radius 3 is 2.24 bits per heavy atom. The van der Waals surface area contributed by atoms with Crippen LogP contribution in [-0.4, -0.2) is 48.8 Å². The molecule has 0 aromatic carbocycles. The van der Waals surface area contributed by atoms with Gasteiger partial charge in [0.2, 0.25) is 5.91 Å². The Labute approximate surface area is 208 Å². The topological polar surface area (TPSA) is 116 Å². The van der Waals surface area contributed by atoms with Crippen molar-refractivity contribution in [2.45, 2.75) is 123 Å². The highest BCUT2D eigenvalue weighted by molar-refractivity contribution is 5.77. The second-order valence-corrected chi connectivity index (χ2v) is 11.3. The SMILES string of the molecule is CC[C@@H]1CCCCCCCC[C@@](N)(NC(=O)CCCC(=O)O)CNCCCNCC(C)(C)CC1. The first kappa shape index (κ1) is 30.9. The quantitative estimate of drug-likeness (QED) is 0.355. The number of nitrogens with one attached hydrogen (secondary N) is 3. The number of carbonyl (C=O) groups excluding carboxylic acids is 1. The number of carboxylic acid groups (broad SMARTS) is 1. The van der Waals surface area contributed by atoms with Gasteiger partial charge in [0.1, 0.15) is 5.66 Å². The summed E-state index contributed by atoms with van der Waals surface area (Å²) >= 11 is 0. The first-order chi connectivity index (χ1) is 16.2. The molecule has 200 valence electrons. The van der Waals surface area contributed by atoms with Crippen molar-refractivity contribution < 1.29 is 14.7 Å². The van der Waals surface area contributed by atoms with E-state index in [1.54, 1.807) is 0 Å². The van der Waals surface area contributed by atoms with Gasteiger partial charge in [-0.15, -0.1) is 0 Å². The third-order valence-electron chi connectivity index (χ3n) is 7.23. The van der Waals surface area contributed by atoms with E-state index in [0.29, 0.717) is 18.4 Å². The number of nitrogens with two attached hydrogens (primary N) is 1. The highest BCUT2D eigenvalue weighted by atomic mass is 16.4. The molecule has 7 nitrogen and oxygen atoms in total. The molecule has 0 saturated carbocycles. The molecule has 0 aromatic heterocycles. The summed E-state index contributed by atoms with van der Waals surface area (Å²) in [5.41, 5.74) is 6.15. The van der Waals surface area contributed by atoms with Crippen LogP contribution in [-0.2, 0) is 9.59 Å². The summed E-state index contributed by atoms with van der Waals surface area (Å²) in [5.74, 6) is -0.179. The van der Waals surface area contributed by atoms with Crippen molar-refractivity contribution in [3.05, 3.63) is 0 Å². The molecule has 1 heterocycles. The van der Waals surface area contributed by atoms with Crippen molar-refractivity contribution in [3.8, 4) is 0 Å². The Morgan fingerprint density at radius 1 is 0.912 bits per heavy atom. The van der Waals surface area contributed by atoms with Gasteiger partial charge < -0.3 is 26.8 Å². The van der Waals surface area contributed by atoms with Crippen LogP contribution in [0.3, 0.4) is 0 Å². The first-order valence-electron chi connectivity index (χ1n) is 13.9. The smallest absolute Gasteiger partial charge is 0.303 e. The first-order valence-corrected chi connectivity index (χ1v) is 13.9. The molecule has 1 fully saturated rings. The minimum absolute atomic E-state index is 0.00600. The molecule has 1 saturated heterocycles. The van der Waals surface area contributed by atoms with E-state index in [4.69, 9.17) is 10.8 Å². The minimum Gasteiger partial charge on any atom is -0.481 e. The van der Waals surface area contributed by atoms with Gasteiger partial charge in [-0.25, -0.2) is 0 Å². The van der Waals surface area contributed by atoms with Crippen LogP contribution >= 0.6 is 0 Å². The molecule has 0 aromatic rings. The molecule has 7 heteroatoms. The molecule has 0 unspecified atom stereocenters. The van der Waals surface area contributed by atoms with Crippen molar-refractivity contribution in [1.82, 2.24) is 16.0 Å². The molecule has 1 aliphatic rings. The maximum atomic E-state index is 12.4. The molecule has 0 aliphatic carbocycles. The van der Waals surface area contributed by atoms with Crippen LogP contribution in [0.4, 0.5) is 0 Å². The molecule has 1 amide bonds. The van der Waals surface area contributed by atoms with E-state index >= 15 is 0 Å². The van der Waals surface area contributed by atoms with E-state index < -0.39 is 11.6 Å². The standard InChI is InChI=1S/C27H54N4O3/c1-4-23-13-9-7-5-6-8-10-17-27(28,31-24(32)14-11-15-25(33)34)22-30-20-12-19-29-21-26(2,3)18-16-23/h23,29-30H,4-22,28H2,1-3H3,(H,31,32)(H,33,34)/t23-,27-/m1/s1. The lowest BCUT2D eigenvalue weighted by atomic mass is 9.82. The number of amides is 1. The van der Waals surface area contributed by atoms with Crippen LogP contribution in [0.2, 0.25) is 0 Å². The second kappa shape index (κ2) is 17.3. The lowest BCUT2D eigenvalue weighted by Crippen LogP contribution is -2.61. The van der Waals surface area contributed by atoms with Crippen LogP contribution < -0.4 is 21.7 Å². The summed E-state index contributed by atoms with van der Waals surface area (Å²) in [6.45, 7) is 10.5. The lowest BCUT2D eigenvalue weighted by molar-refractivity contribution is -0.137. The van der Waals surface area contributed by atoms with Gasteiger partial charge in [-0.05, 0) is 62.9 Å². The van der Waals surface area contributed by atoms with Crippen LogP contribution in [0.5, 0.6) is 0 Å². The summed E-state index contributed by atoms with van der Waals surface area (Å²) < 4.78 is 0. The Morgan fingerprint density at radius 2 is 1.56 bits per heavy atom. The van der Waals surface area contributed by atoms with Crippen molar-refractivity contribution in [2.75, 3.05) is 26.2 Å². The molecular weight excluding hydrogens is 428 g/mol. The van der Waals surface area contributed by atoms with Gasteiger partial charge in [0.25, 0.3) is 0 Å². The number of carboxylic acids is 1. The van der Waals surface area contributed by atoms with Crippen molar-refractivity contribution in [2.24, 2.45) is 17.1 Å².